The Kier molecular flexibility index (Phi) is 7.95. The van der Waals surface area contributed by atoms with E-state index in [2.05, 4.69) is 15.3 Å². The number of methoxy groups -OCH3 is 2. The zero-order chi connectivity index (χ0) is 26.2. The van der Waals surface area contributed by atoms with Crippen LogP contribution in [0.3, 0.4) is 0 Å². The van der Waals surface area contributed by atoms with Crippen molar-refractivity contribution in [1.29, 1.82) is 0 Å². The summed E-state index contributed by atoms with van der Waals surface area (Å²) in [5, 5.41) is 2.71. The first-order valence-corrected chi connectivity index (χ1v) is 11.4. The molecule has 0 aliphatic rings. The van der Waals surface area contributed by atoms with Gasteiger partial charge in [0.15, 0.2) is 11.5 Å². The number of carbonyl (C=O) groups is 2. The molecule has 0 fully saturated rings. The molecule has 0 spiro atoms. The number of nitrogens with one attached hydrogen (secondary N) is 1. The summed E-state index contributed by atoms with van der Waals surface area (Å²) in [6.07, 6.45) is 1.98. The van der Waals surface area contributed by atoms with E-state index in [1.807, 2.05) is 36.4 Å². The summed E-state index contributed by atoms with van der Waals surface area (Å²) in [4.78, 5) is 32.6. The van der Waals surface area contributed by atoms with Crippen LogP contribution in [0.5, 0.6) is 17.4 Å². The van der Waals surface area contributed by atoms with E-state index in [1.165, 1.54) is 18.3 Å². The Balaban J connectivity index is 1.40. The lowest BCUT2D eigenvalue weighted by atomic mass is 10.1. The molecule has 0 unspecified atom stereocenters. The molecular weight excluding hydrogens is 472 g/mol. The normalized spacial score (nSPS) is 10.4. The van der Waals surface area contributed by atoms with Crippen LogP contribution in [0.1, 0.15) is 26.3 Å². The van der Waals surface area contributed by atoms with Crippen molar-refractivity contribution in [2.45, 2.75) is 6.42 Å². The van der Waals surface area contributed by atoms with Crippen LogP contribution >= 0.6 is 0 Å². The molecule has 0 saturated heterocycles. The van der Waals surface area contributed by atoms with Gasteiger partial charge in [-0.05, 0) is 48.0 Å². The van der Waals surface area contributed by atoms with Crippen molar-refractivity contribution in [3.63, 3.8) is 0 Å². The average molecular weight is 499 g/mol. The fraction of sp³-hybridized carbons (Fsp3) is 0.143. The smallest absolute Gasteiger partial charge is 0.256 e. The molecule has 0 aliphatic carbocycles. The number of benzene rings is 2. The molecule has 2 aromatic carbocycles. The van der Waals surface area contributed by atoms with Crippen molar-refractivity contribution < 1.29 is 23.8 Å². The van der Waals surface area contributed by atoms with Gasteiger partial charge in [0, 0.05) is 29.8 Å². The Morgan fingerprint density at radius 1 is 0.892 bits per heavy atom. The summed E-state index contributed by atoms with van der Waals surface area (Å²) < 4.78 is 16.5. The third-order valence-electron chi connectivity index (χ3n) is 5.52. The predicted molar refractivity (Wildman–Crippen MR) is 139 cm³/mol. The number of carbonyl (C=O) groups excluding carboxylic acids is 2. The number of anilines is 1. The molecule has 4 aromatic rings. The van der Waals surface area contributed by atoms with Crippen molar-refractivity contribution in [3.05, 3.63) is 95.7 Å². The highest BCUT2D eigenvalue weighted by Crippen LogP contribution is 2.28. The van der Waals surface area contributed by atoms with Crippen LogP contribution in [0.25, 0.3) is 11.3 Å². The van der Waals surface area contributed by atoms with Gasteiger partial charge in [-0.15, -0.1) is 0 Å². The van der Waals surface area contributed by atoms with Gasteiger partial charge >= 0.3 is 0 Å². The van der Waals surface area contributed by atoms with E-state index in [0.29, 0.717) is 47.5 Å². The quantitative estimate of drug-likeness (QED) is 0.337. The molecule has 2 aromatic heterocycles. The number of nitrogens with zero attached hydrogens (tertiary/aromatic N) is 2. The van der Waals surface area contributed by atoms with E-state index in [9.17, 15) is 9.59 Å². The number of hydrogen-bond acceptors (Lipinski definition) is 7. The fourth-order valence-corrected chi connectivity index (χ4v) is 3.59. The Labute approximate surface area is 214 Å². The maximum absolute atomic E-state index is 12.7. The number of nitrogens with two attached hydrogens (primary N) is 1. The highest BCUT2D eigenvalue weighted by atomic mass is 16.5. The largest absolute Gasteiger partial charge is 0.493 e. The first-order chi connectivity index (χ1) is 18.0. The number of primary amides is 1. The van der Waals surface area contributed by atoms with Crippen LogP contribution in [-0.4, -0.2) is 42.6 Å². The molecule has 0 aliphatic heterocycles. The first kappa shape index (κ1) is 25.2. The number of pyridine rings is 2. The molecule has 2 heterocycles. The Morgan fingerprint density at radius 2 is 1.70 bits per heavy atom. The topological polar surface area (TPSA) is 126 Å². The molecule has 188 valence electrons. The number of rotatable bonds is 10. The summed E-state index contributed by atoms with van der Waals surface area (Å²) in [6, 6.07) is 21.3. The molecule has 0 bridgehead atoms. The number of hydrogen-bond donors (Lipinski definition) is 2. The Hall–Kier alpha value is -4.92. The predicted octanol–water partition coefficient (Wildman–Crippen LogP) is 4.13. The minimum atomic E-state index is -0.585. The SMILES string of the molecule is COc1ccc(CCOc2cccc(-c3cccc(C(=O)Nc4ccc(C(N)=O)cn4)c3)n2)cc1OC. The zero-order valence-electron chi connectivity index (χ0n) is 20.4. The summed E-state index contributed by atoms with van der Waals surface area (Å²) in [7, 11) is 3.20. The summed E-state index contributed by atoms with van der Waals surface area (Å²) >= 11 is 0. The van der Waals surface area contributed by atoms with Crippen molar-refractivity contribution in [3.8, 4) is 28.6 Å². The minimum absolute atomic E-state index is 0.261. The lowest BCUT2D eigenvalue weighted by Gasteiger charge is -2.11. The van der Waals surface area contributed by atoms with E-state index in [1.54, 1.807) is 38.5 Å². The Morgan fingerprint density at radius 3 is 2.43 bits per heavy atom. The van der Waals surface area contributed by atoms with Crippen molar-refractivity contribution in [2.24, 2.45) is 5.73 Å². The minimum Gasteiger partial charge on any atom is -0.493 e. The first-order valence-electron chi connectivity index (χ1n) is 11.4. The molecule has 9 heteroatoms. The second kappa shape index (κ2) is 11.7. The molecule has 9 nitrogen and oxygen atoms in total. The Bertz CT molecular complexity index is 1410. The van der Waals surface area contributed by atoms with Crippen molar-refractivity contribution in [1.82, 2.24) is 9.97 Å². The van der Waals surface area contributed by atoms with Crippen LogP contribution in [0.4, 0.5) is 5.82 Å². The van der Waals surface area contributed by atoms with Crippen LogP contribution in [0.15, 0.2) is 79.0 Å². The lowest BCUT2D eigenvalue weighted by Crippen LogP contribution is -2.14. The van der Waals surface area contributed by atoms with Gasteiger partial charge in [-0.3, -0.25) is 9.59 Å². The number of amides is 2. The number of aromatic nitrogens is 2. The third kappa shape index (κ3) is 6.40. The maximum Gasteiger partial charge on any atom is 0.256 e. The molecule has 0 radical (unpaired) electrons. The van der Waals surface area contributed by atoms with Gasteiger partial charge in [0.05, 0.1) is 32.1 Å². The summed E-state index contributed by atoms with van der Waals surface area (Å²) in [6.45, 7) is 0.427. The summed E-state index contributed by atoms with van der Waals surface area (Å²) in [5.41, 5.74) is 8.39. The molecule has 4 rings (SSSR count). The van der Waals surface area contributed by atoms with Crippen LogP contribution in [0, 0.1) is 0 Å². The van der Waals surface area contributed by atoms with Gasteiger partial charge in [0.2, 0.25) is 11.8 Å². The van der Waals surface area contributed by atoms with E-state index in [4.69, 9.17) is 19.9 Å². The second-order valence-corrected chi connectivity index (χ2v) is 7.98. The van der Waals surface area contributed by atoms with Crippen LogP contribution in [0.2, 0.25) is 0 Å². The maximum atomic E-state index is 12.7. The third-order valence-corrected chi connectivity index (χ3v) is 5.52. The van der Waals surface area contributed by atoms with Gasteiger partial charge in [-0.25, -0.2) is 9.97 Å². The second-order valence-electron chi connectivity index (χ2n) is 7.98. The lowest BCUT2D eigenvalue weighted by molar-refractivity contribution is 0.0998. The van der Waals surface area contributed by atoms with E-state index < -0.39 is 5.91 Å². The zero-order valence-corrected chi connectivity index (χ0v) is 20.4. The van der Waals surface area contributed by atoms with Crippen LogP contribution in [-0.2, 0) is 6.42 Å². The highest BCUT2D eigenvalue weighted by Gasteiger charge is 2.11. The molecule has 3 N–H and O–H groups in total. The van der Waals surface area contributed by atoms with Gasteiger partial charge in [0.1, 0.15) is 5.82 Å². The van der Waals surface area contributed by atoms with Gasteiger partial charge in [0.25, 0.3) is 5.91 Å². The molecule has 2 amide bonds. The number of ether oxygens (including phenoxy) is 3. The van der Waals surface area contributed by atoms with Gasteiger partial charge in [-0.1, -0.05) is 24.3 Å². The molecule has 0 saturated carbocycles. The van der Waals surface area contributed by atoms with Crippen molar-refractivity contribution in [2.75, 3.05) is 26.1 Å². The summed E-state index contributed by atoms with van der Waals surface area (Å²) in [5.74, 6) is 1.20. The van der Waals surface area contributed by atoms with E-state index >= 15 is 0 Å². The standard InChI is InChI=1S/C28H26N4O5/c1-35-23-11-9-18(15-24(23)36-2)13-14-37-26-8-4-7-22(31-26)19-5-3-6-20(16-19)28(34)32-25-12-10-21(17-30-25)27(29)33/h3-12,15-17H,13-14H2,1-2H3,(H2,29,33)(H,30,32,34). The van der Waals surface area contributed by atoms with Crippen LogP contribution < -0.4 is 25.3 Å². The average Bonchev–Trinajstić information content (AvgIpc) is 2.93. The van der Waals surface area contributed by atoms with E-state index in [0.717, 1.165) is 11.1 Å². The highest BCUT2D eigenvalue weighted by molar-refractivity contribution is 6.04. The van der Waals surface area contributed by atoms with Crippen molar-refractivity contribution >= 4 is 17.6 Å². The fourth-order valence-electron chi connectivity index (χ4n) is 3.59. The van der Waals surface area contributed by atoms with Gasteiger partial charge in [-0.2, -0.15) is 0 Å². The van der Waals surface area contributed by atoms with E-state index in [-0.39, 0.29) is 11.5 Å². The molecule has 37 heavy (non-hydrogen) atoms. The monoisotopic (exact) mass is 498 g/mol. The molecular formula is C28H26N4O5. The van der Waals surface area contributed by atoms with Gasteiger partial charge < -0.3 is 25.3 Å². The molecule has 0 atom stereocenters.